The number of nitrogens with zero attached hydrogens (tertiary/aromatic N) is 6. The lowest BCUT2D eigenvalue weighted by molar-refractivity contribution is 0.363. The third kappa shape index (κ3) is 2.15. The van der Waals surface area contributed by atoms with Gasteiger partial charge in [-0.25, -0.2) is 4.68 Å². The highest BCUT2D eigenvalue weighted by molar-refractivity contribution is 5.47. The van der Waals surface area contributed by atoms with Crippen molar-refractivity contribution >= 4 is 5.82 Å². The average molecular weight is 257 g/mol. The maximum Gasteiger partial charge on any atom is 0.248 e. The summed E-state index contributed by atoms with van der Waals surface area (Å²) >= 11 is 0. The lowest BCUT2D eigenvalue weighted by Crippen LogP contribution is -2.04. The molecule has 19 heavy (non-hydrogen) atoms. The Morgan fingerprint density at radius 1 is 1.37 bits per heavy atom. The quantitative estimate of drug-likeness (QED) is 0.734. The van der Waals surface area contributed by atoms with Crippen molar-refractivity contribution < 1.29 is 4.52 Å². The Hall–Kier alpha value is -2.77. The molecule has 8 nitrogen and oxygen atoms in total. The molecule has 0 fully saturated rings. The predicted octanol–water partition coefficient (Wildman–Crippen LogP) is 0.662. The third-order valence-corrected chi connectivity index (χ3v) is 2.67. The van der Waals surface area contributed by atoms with E-state index in [1.54, 1.807) is 10.9 Å². The zero-order valence-corrected chi connectivity index (χ0v) is 10.2. The van der Waals surface area contributed by atoms with Gasteiger partial charge in [-0.05, 0) is 19.1 Å². The van der Waals surface area contributed by atoms with E-state index in [4.69, 9.17) is 10.3 Å². The molecule has 3 aromatic heterocycles. The van der Waals surface area contributed by atoms with Crippen LogP contribution in [-0.4, -0.2) is 30.1 Å². The number of anilines is 1. The molecule has 0 aliphatic carbocycles. The SMILES string of the molecule is Cc1c(N)nnn1Cc1nc(-c2ccccn2)no1. The van der Waals surface area contributed by atoms with Crippen molar-refractivity contribution in [1.82, 2.24) is 30.1 Å². The van der Waals surface area contributed by atoms with Gasteiger partial charge in [-0.15, -0.1) is 5.10 Å². The summed E-state index contributed by atoms with van der Waals surface area (Å²) in [7, 11) is 0. The molecule has 0 aliphatic heterocycles. The topological polar surface area (TPSA) is 109 Å². The van der Waals surface area contributed by atoms with E-state index in [1.807, 2.05) is 25.1 Å². The van der Waals surface area contributed by atoms with Crippen LogP contribution >= 0.6 is 0 Å². The van der Waals surface area contributed by atoms with Crippen molar-refractivity contribution in [3.8, 4) is 11.5 Å². The molecular weight excluding hydrogens is 246 g/mol. The summed E-state index contributed by atoms with van der Waals surface area (Å²) in [6, 6.07) is 5.50. The number of nitrogens with two attached hydrogens (primary N) is 1. The summed E-state index contributed by atoms with van der Waals surface area (Å²) in [6.45, 7) is 2.15. The zero-order chi connectivity index (χ0) is 13.2. The Kier molecular flexibility index (Phi) is 2.67. The minimum absolute atomic E-state index is 0.329. The van der Waals surface area contributed by atoms with E-state index in [2.05, 4.69) is 25.4 Å². The largest absolute Gasteiger partial charge is 0.381 e. The van der Waals surface area contributed by atoms with E-state index in [9.17, 15) is 0 Å². The van der Waals surface area contributed by atoms with Crippen LogP contribution in [0.2, 0.25) is 0 Å². The second kappa shape index (κ2) is 4.48. The number of hydrogen-bond acceptors (Lipinski definition) is 7. The molecule has 3 aromatic rings. The highest BCUT2D eigenvalue weighted by Crippen LogP contribution is 2.13. The fourth-order valence-corrected chi connectivity index (χ4v) is 1.57. The van der Waals surface area contributed by atoms with Crippen LogP contribution in [0.5, 0.6) is 0 Å². The number of pyridine rings is 1. The van der Waals surface area contributed by atoms with Crippen LogP contribution in [0.15, 0.2) is 28.9 Å². The minimum atomic E-state index is 0.329. The molecule has 96 valence electrons. The van der Waals surface area contributed by atoms with Gasteiger partial charge in [-0.1, -0.05) is 16.4 Å². The molecule has 0 aliphatic rings. The van der Waals surface area contributed by atoms with Gasteiger partial charge in [0, 0.05) is 6.20 Å². The Labute approximate surface area is 108 Å². The van der Waals surface area contributed by atoms with Gasteiger partial charge in [0.15, 0.2) is 5.82 Å². The number of hydrogen-bond donors (Lipinski definition) is 1. The Morgan fingerprint density at radius 2 is 2.26 bits per heavy atom. The monoisotopic (exact) mass is 257 g/mol. The highest BCUT2D eigenvalue weighted by Gasteiger charge is 2.12. The molecule has 0 unspecified atom stereocenters. The van der Waals surface area contributed by atoms with Gasteiger partial charge >= 0.3 is 0 Å². The Morgan fingerprint density at radius 3 is 2.95 bits per heavy atom. The standard InChI is InChI=1S/C11H11N7O/c1-7-10(12)15-17-18(7)6-9-14-11(16-19-9)8-4-2-3-5-13-8/h2-5H,6,12H2,1H3. The van der Waals surface area contributed by atoms with E-state index in [0.29, 0.717) is 29.8 Å². The molecular formula is C11H11N7O. The molecule has 3 heterocycles. The van der Waals surface area contributed by atoms with Gasteiger partial charge in [0.2, 0.25) is 11.7 Å². The maximum absolute atomic E-state index is 5.62. The van der Waals surface area contributed by atoms with Crippen LogP contribution < -0.4 is 5.73 Å². The van der Waals surface area contributed by atoms with Gasteiger partial charge in [0.25, 0.3) is 0 Å². The van der Waals surface area contributed by atoms with Crippen LogP contribution in [-0.2, 0) is 6.54 Å². The van der Waals surface area contributed by atoms with Crippen LogP contribution in [0.1, 0.15) is 11.6 Å². The van der Waals surface area contributed by atoms with Gasteiger partial charge in [0.1, 0.15) is 12.2 Å². The maximum atomic E-state index is 5.62. The summed E-state index contributed by atoms with van der Waals surface area (Å²) in [5, 5.41) is 11.5. The van der Waals surface area contributed by atoms with E-state index < -0.39 is 0 Å². The first-order valence-electron chi connectivity index (χ1n) is 5.63. The Balaban J connectivity index is 1.84. The first-order chi connectivity index (χ1) is 9.24. The molecule has 0 saturated heterocycles. The fraction of sp³-hybridized carbons (Fsp3) is 0.182. The highest BCUT2D eigenvalue weighted by atomic mass is 16.5. The van der Waals surface area contributed by atoms with Gasteiger partial charge in [-0.3, -0.25) is 4.98 Å². The van der Waals surface area contributed by atoms with Crippen LogP contribution in [0, 0.1) is 6.92 Å². The summed E-state index contributed by atoms with van der Waals surface area (Å²) in [5.74, 6) is 1.26. The molecule has 0 bridgehead atoms. The molecule has 8 heteroatoms. The van der Waals surface area contributed by atoms with Gasteiger partial charge in [0.05, 0.1) is 5.69 Å². The second-order valence-electron chi connectivity index (χ2n) is 3.94. The Bertz CT molecular complexity index is 688. The van der Waals surface area contributed by atoms with Crippen LogP contribution in [0.4, 0.5) is 5.82 Å². The molecule has 3 rings (SSSR count). The lowest BCUT2D eigenvalue weighted by atomic mass is 10.3. The first kappa shape index (κ1) is 11.3. The minimum Gasteiger partial charge on any atom is -0.381 e. The number of rotatable bonds is 3. The van der Waals surface area contributed by atoms with Gasteiger partial charge < -0.3 is 10.3 Å². The summed E-state index contributed by atoms with van der Waals surface area (Å²) < 4.78 is 6.76. The van der Waals surface area contributed by atoms with Crippen molar-refractivity contribution in [3.63, 3.8) is 0 Å². The smallest absolute Gasteiger partial charge is 0.248 e. The molecule has 0 atom stereocenters. The summed E-state index contributed by atoms with van der Waals surface area (Å²) in [5.41, 5.74) is 7.04. The van der Waals surface area contributed by atoms with Crippen LogP contribution in [0.3, 0.4) is 0 Å². The van der Waals surface area contributed by atoms with E-state index in [1.165, 1.54) is 0 Å². The molecule has 0 amide bonds. The van der Waals surface area contributed by atoms with Crippen LogP contribution in [0.25, 0.3) is 11.5 Å². The number of nitrogen functional groups attached to an aromatic ring is 1. The molecule has 0 spiro atoms. The second-order valence-corrected chi connectivity index (χ2v) is 3.94. The van der Waals surface area contributed by atoms with E-state index >= 15 is 0 Å². The third-order valence-electron chi connectivity index (χ3n) is 2.67. The number of aromatic nitrogens is 6. The van der Waals surface area contributed by atoms with Gasteiger partial charge in [-0.2, -0.15) is 4.98 Å². The van der Waals surface area contributed by atoms with Crippen molar-refractivity contribution in [2.24, 2.45) is 0 Å². The molecule has 0 aromatic carbocycles. The summed E-state index contributed by atoms with van der Waals surface area (Å²) in [6.07, 6.45) is 1.67. The van der Waals surface area contributed by atoms with Crippen molar-refractivity contribution in [2.75, 3.05) is 5.73 Å². The zero-order valence-electron chi connectivity index (χ0n) is 10.2. The summed E-state index contributed by atoms with van der Waals surface area (Å²) in [4.78, 5) is 8.41. The van der Waals surface area contributed by atoms with E-state index in [0.717, 1.165) is 5.69 Å². The molecule has 2 N–H and O–H groups in total. The molecule has 0 saturated carbocycles. The van der Waals surface area contributed by atoms with Crippen molar-refractivity contribution in [2.45, 2.75) is 13.5 Å². The predicted molar refractivity (Wildman–Crippen MR) is 65.8 cm³/mol. The molecule has 0 radical (unpaired) electrons. The van der Waals surface area contributed by atoms with Crippen molar-refractivity contribution in [1.29, 1.82) is 0 Å². The van der Waals surface area contributed by atoms with Crippen molar-refractivity contribution in [3.05, 3.63) is 36.0 Å². The average Bonchev–Trinajstić information content (AvgIpc) is 3.02. The first-order valence-corrected chi connectivity index (χ1v) is 5.63. The normalized spacial score (nSPS) is 10.8. The lowest BCUT2D eigenvalue weighted by Gasteiger charge is -1.97. The fourth-order valence-electron chi connectivity index (χ4n) is 1.57. The van der Waals surface area contributed by atoms with E-state index in [-0.39, 0.29) is 0 Å².